The summed E-state index contributed by atoms with van der Waals surface area (Å²) in [4.78, 5) is 53.8. The third-order valence-corrected chi connectivity index (χ3v) is 8.57. The van der Waals surface area contributed by atoms with Gasteiger partial charge in [0, 0.05) is 16.0 Å². The van der Waals surface area contributed by atoms with Crippen molar-refractivity contribution < 1.29 is 19.5 Å². The molecular formula is C14H13N9O5S4. The van der Waals surface area contributed by atoms with Crippen molar-refractivity contribution in [2.24, 2.45) is 5.18 Å². The lowest BCUT2D eigenvalue weighted by molar-refractivity contribution is -0.150. The summed E-state index contributed by atoms with van der Waals surface area (Å²) in [7, 11) is 0. The molecule has 0 spiro atoms. The Bertz CT molecular complexity index is 1090. The number of aliphatic carboxylic acids is 1. The number of hydrogen-bond acceptors (Lipinski definition) is 14. The van der Waals surface area contributed by atoms with Crippen molar-refractivity contribution in [2.45, 2.75) is 22.6 Å². The van der Waals surface area contributed by atoms with Crippen LogP contribution in [0, 0.1) is 4.91 Å². The fourth-order valence-corrected chi connectivity index (χ4v) is 7.03. The van der Waals surface area contributed by atoms with Crippen LogP contribution in [-0.2, 0) is 14.4 Å². The summed E-state index contributed by atoms with van der Waals surface area (Å²) < 4.78 is 0. The number of amides is 2. The molecule has 1 fully saturated rings. The molecule has 32 heavy (non-hydrogen) atoms. The predicted molar refractivity (Wildman–Crippen MR) is 117 cm³/mol. The van der Waals surface area contributed by atoms with Crippen molar-refractivity contribution in [3.8, 4) is 0 Å². The molecule has 2 aliphatic rings. The molecule has 0 radical (unpaired) electrons. The van der Waals surface area contributed by atoms with Crippen LogP contribution in [0.2, 0.25) is 0 Å². The van der Waals surface area contributed by atoms with Crippen molar-refractivity contribution in [3.05, 3.63) is 26.6 Å². The van der Waals surface area contributed by atoms with Crippen LogP contribution in [0.25, 0.3) is 0 Å². The minimum atomic E-state index is -1.46. The number of tetrazole rings is 1. The van der Waals surface area contributed by atoms with E-state index in [2.05, 4.69) is 36.1 Å². The Kier molecular flexibility index (Phi) is 6.63. The van der Waals surface area contributed by atoms with Gasteiger partial charge in [-0.2, -0.15) is 5.21 Å². The molecule has 18 heteroatoms. The van der Waals surface area contributed by atoms with E-state index in [-0.39, 0.29) is 16.5 Å². The van der Waals surface area contributed by atoms with Crippen LogP contribution in [0.5, 0.6) is 0 Å². The number of nitrogen functional groups attached to an aromatic ring is 1. The van der Waals surface area contributed by atoms with Gasteiger partial charge in [0.25, 0.3) is 11.8 Å². The molecule has 4 rings (SSSR count). The molecule has 168 valence electrons. The number of aromatic amines is 1. The molecule has 0 saturated carbocycles. The molecule has 1 saturated heterocycles. The number of carbonyl (C=O) groups is 3. The average Bonchev–Trinajstić information content (AvgIpc) is 3.44. The van der Waals surface area contributed by atoms with Gasteiger partial charge in [-0.1, -0.05) is 11.8 Å². The molecule has 5 N–H and O–H groups in total. The average molecular weight is 516 g/mol. The first-order valence-corrected chi connectivity index (χ1v) is 12.5. The number of H-pyrrole nitrogens is 1. The number of carboxylic acids is 1. The Hall–Kier alpha value is -2.70. The number of nitroso groups, excluding NO2 is 1. The number of β-lactam (4-membered cyclic amide) rings is 1. The molecule has 14 nitrogen and oxygen atoms in total. The highest BCUT2D eigenvalue weighted by Crippen LogP contribution is 2.44. The van der Waals surface area contributed by atoms with Crippen LogP contribution in [-0.4, -0.2) is 75.7 Å². The quantitative estimate of drug-likeness (QED) is 0.153. The van der Waals surface area contributed by atoms with Crippen molar-refractivity contribution in [3.63, 3.8) is 0 Å². The molecular weight excluding hydrogens is 502 g/mol. The summed E-state index contributed by atoms with van der Waals surface area (Å²) in [6.45, 7) is 0. The molecule has 2 amide bonds. The normalized spacial score (nSPS) is 21.0. The molecule has 2 aliphatic heterocycles. The van der Waals surface area contributed by atoms with Crippen molar-refractivity contribution in [1.29, 1.82) is 0 Å². The first-order chi connectivity index (χ1) is 15.4. The highest BCUT2D eigenvalue weighted by Gasteiger charge is 2.54. The second-order valence-corrected chi connectivity index (χ2v) is 10.6. The topological polar surface area (TPSA) is 210 Å². The number of carbonyl (C=O) groups excluding carboxylic acids is 2. The fraction of sp³-hybridized carbons (Fsp3) is 0.357. The lowest BCUT2D eigenvalue weighted by atomic mass is 10.0. The lowest BCUT2D eigenvalue weighted by Crippen LogP contribution is -2.70. The van der Waals surface area contributed by atoms with Crippen molar-refractivity contribution in [1.82, 2.24) is 35.8 Å². The van der Waals surface area contributed by atoms with Crippen LogP contribution < -0.4 is 11.1 Å². The first kappa shape index (κ1) is 22.5. The first-order valence-electron chi connectivity index (χ1n) is 8.64. The maximum absolute atomic E-state index is 12.7. The number of thiazole rings is 1. The van der Waals surface area contributed by atoms with E-state index in [1.165, 1.54) is 40.7 Å². The van der Waals surface area contributed by atoms with E-state index in [0.29, 0.717) is 20.9 Å². The van der Waals surface area contributed by atoms with Crippen LogP contribution in [0.4, 0.5) is 5.13 Å². The van der Waals surface area contributed by atoms with Crippen LogP contribution in [0.3, 0.4) is 0 Å². The van der Waals surface area contributed by atoms with Gasteiger partial charge < -0.3 is 16.2 Å². The second kappa shape index (κ2) is 9.43. The number of nitrogens with two attached hydrogens (primary N) is 1. The Morgan fingerprint density at radius 3 is 2.91 bits per heavy atom. The lowest BCUT2D eigenvalue weighted by Gasteiger charge is -2.49. The summed E-state index contributed by atoms with van der Waals surface area (Å²) in [5, 5.41) is 30.2. The van der Waals surface area contributed by atoms with Gasteiger partial charge in [0.15, 0.2) is 5.13 Å². The summed E-state index contributed by atoms with van der Waals surface area (Å²) in [5.41, 5.74) is 5.49. The number of rotatable bonds is 9. The summed E-state index contributed by atoms with van der Waals surface area (Å²) in [5.74, 6) is -2.30. The van der Waals surface area contributed by atoms with E-state index in [0.717, 1.165) is 16.2 Å². The van der Waals surface area contributed by atoms with Gasteiger partial charge in [0.2, 0.25) is 11.2 Å². The SMILES string of the molecule is Nc1nc(C(N=O)C(=O)NC2C(=O)N3C(C(=O)O)=C(SCSc4nn[nH]n4)CS[C@@H]23)cs1. The van der Waals surface area contributed by atoms with E-state index in [4.69, 9.17) is 5.73 Å². The van der Waals surface area contributed by atoms with Gasteiger partial charge in [-0.15, -0.1) is 50.0 Å². The van der Waals surface area contributed by atoms with Crippen LogP contribution >= 0.6 is 46.6 Å². The Morgan fingerprint density at radius 1 is 1.47 bits per heavy atom. The Morgan fingerprint density at radius 2 is 2.28 bits per heavy atom. The standard InChI is InChI=1S/C14H13N9O5S4/c15-13-16-4(1-30-13)6(20-28)9(24)17-7-10(25)23-8(12(26)27)5(2-29-11(7)23)31-3-32-14-18-21-22-19-14/h1,6-7,11H,2-3H2,(H2,15,16)(H,17,24)(H,26,27)(H,18,19,21,22)/t6?,7?,11-/m0/s1. The minimum Gasteiger partial charge on any atom is -0.477 e. The summed E-state index contributed by atoms with van der Waals surface area (Å²) in [6.07, 6.45) is 0. The van der Waals surface area contributed by atoms with E-state index in [9.17, 15) is 24.4 Å². The van der Waals surface area contributed by atoms with Crippen LogP contribution in [0.15, 0.2) is 26.3 Å². The second-order valence-electron chi connectivity index (χ2n) is 6.19. The van der Waals surface area contributed by atoms with E-state index in [1.54, 1.807) is 0 Å². The third-order valence-electron chi connectivity index (χ3n) is 4.35. The molecule has 0 aromatic carbocycles. The molecule has 2 aromatic rings. The van der Waals surface area contributed by atoms with Gasteiger partial charge in [-0.05, 0) is 10.4 Å². The van der Waals surface area contributed by atoms with Crippen LogP contribution in [0.1, 0.15) is 11.7 Å². The minimum absolute atomic E-state index is 0.0869. The maximum Gasteiger partial charge on any atom is 0.353 e. The summed E-state index contributed by atoms with van der Waals surface area (Å²) >= 11 is 4.89. The van der Waals surface area contributed by atoms with Gasteiger partial charge in [-0.3, -0.25) is 14.5 Å². The number of anilines is 1. The van der Waals surface area contributed by atoms with Gasteiger partial charge >= 0.3 is 5.97 Å². The van der Waals surface area contributed by atoms with Gasteiger partial charge in [0.05, 0.1) is 10.8 Å². The van der Waals surface area contributed by atoms with E-state index >= 15 is 0 Å². The number of nitrogens with zero attached hydrogens (tertiary/aromatic N) is 6. The molecule has 0 bridgehead atoms. The van der Waals surface area contributed by atoms with Crippen molar-refractivity contribution in [2.75, 3.05) is 16.6 Å². The zero-order chi connectivity index (χ0) is 22.8. The van der Waals surface area contributed by atoms with Crippen molar-refractivity contribution >= 4 is 69.5 Å². The van der Waals surface area contributed by atoms with Gasteiger partial charge in [-0.25, -0.2) is 9.78 Å². The molecule has 2 aromatic heterocycles. The Balaban J connectivity index is 1.43. The van der Waals surface area contributed by atoms with E-state index in [1.807, 2.05) is 0 Å². The largest absolute Gasteiger partial charge is 0.477 e. The smallest absolute Gasteiger partial charge is 0.353 e. The molecule has 2 unspecified atom stereocenters. The number of fused-ring (bicyclic) bond motifs is 1. The number of aromatic nitrogens is 5. The summed E-state index contributed by atoms with van der Waals surface area (Å²) in [6, 6.07) is -2.44. The number of carboxylic acid groups (broad SMARTS) is 1. The Labute approximate surface area is 195 Å². The predicted octanol–water partition coefficient (Wildman–Crippen LogP) is 0.225. The number of hydrogen-bond donors (Lipinski definition) is 4. The monoisotopic (exact) mass is 515 g/mol. The zero-order valence-corrected chi connectivity index (χ0v) is 19.0. The highest BCUT2D eigenvalue weighted by molar-refractivity contribution is 8.18. The highest BCUT2D eigenvalue weighted by atomic mass is 32.2. The number of thioether (sulfide) groups is 3. The zero-order valence-electron chi connectivity index (χ0n) is 15.7. The molecule has 3 atom stereocenters. The molecule has 4 heterocycles. The maximum atomic E-state index is 12.7. The third kappa shape index (κ3) is 4.30. The number of nitrogens with one attached hydrogen (secondary N) is 2. The molecule has 0 aliphatic carbocycles. The van der Waals surface area contributed by atoms with Gasteiger partial charge in [0.1, 0.15) is 17.1 Å². The van der Waals surface area contributed by atoms with E-state index < -0.39 is 35.2 Å². The fourth-order valence-electron chi connectivity index (χ4n) is 2.96.